The maximum atomic E-state index is 11.1. The topological polar surface area (TPSA) is 288 Å². The number of rotatable bonds is 6. The van der Waals surface area contributed by atoms with Crippen molar-refractivity contribution >= 4 is 92.2 Å². The van der Waals surface area contributed by atoms with E-state index >= 15 is 0 Å². The Morgan fingerprint density at radius 2 is 0.758 bits per heavy atom. The van der Waals surface area contributed by atoms with Gasteiger partial charge in [0.25, 0.3) is 0 Å². The normalized spacial score (nSPS) is 13.5. The highest BCUT2D eigenvalue weighted by atomic mass is 16.7. The van der Waals surface area contributed by atoms with E-state index in [2.05, 4.69) is 30.1 Å². The summed E-state index contributed by atoms with van der Waals surface area (Å²) >= 11 is 0. The first-order valence-electron chi connectivity index (χ1n) is 18.0. The van der Waals surface area contributed by atoms with Crippen molar-refractivity contribution in [2.75, 3.05) is 13.1 Å². The van der Waals surface area contributed by atoms with Crippen LogP contribution in [0.15, 0.2) is 140 Å². The van der Waals surface area contributed by atoms with Crippen LogP contribution in [0.4, 0.5) is 21.4 Å². The third-order valence-electron chi connectivity index (χ3n) is 8.27. The number of benzene rings is 4. The fourth-order valence-corrected chi connectivity index (χ4v) is 5.45. The van der Waals surface area contributed by atoms with Crippen molar-refractivity contribution in [1.82, 2.24) is 40.6 Å². The molecule has 2 aliphatic heterocycles. The number of aromatic nitrogens is 4. The quantitative estimate of drug-likeness (QED) is 0.0667. The molecule has 0 spiro atoms. The fourth-order valence-electron chi connectivity index (χ4n) is 5.45. The van der Waals surface area contributed by atoms with Gasteiger partial charge in [-0.15, -0.1) is 0 Å². The van der Waals surface area contributed by atoms with Crippen LogP contribution in [-0.4, -0.2) is 89.2 Å². The first kappa shape index (κ1) is 40.8. The van der Waals surface area contributed by atoms with Gasteiger partial charge in [0.2, 0.25) is 11.8 Å². The zero-order valence-electron chi connectivity index (χ0n) is 31.7. The molecule has 10 rings (SSSR count). The highest BCUT2D eigenvalue weighted by Crippen LogP contribution is 2.18. The number of para-hydroxylation sites is 8. The van der Waals surface area contributed by atoms with Crippen LogP contribution in [0.25, 0.3) is 44.1 Å². The molecule has 0 bridgehead atoms. The number of hydrogen-bond donors (Lipinski definition) is 2. The number of hydrazone groups is 2. The molecule has 0 saturated carbocycles. The first-order chi connectivity index (χ1) is 30.0. The molecular weight excluding hydrogens is 809 g/mol. The average molecular weight is 837 g/mol. The van der Waals surface area contributed by atoms with E-state index in [9.17, 15) is 39.4 Å². The Kier molecular flexibility index (Phi) is 12.2. The second-order valence-corrected chi connectivity index (χ2v) is 12.6. The average Bonchev–Trinajstić information content (AvgIpc) is 4.08. The summed E-state index contributed by atoms with van der Waals surface area (Å²) < 4.78 is 9.55. The molecule has 4 aromatic heterocycles. The second-order valence-electron chi connectivity index (χ2n) is 12.6. The van der Waals surface area contributed by atoms with E-state index in [0.717, 1.165) is 78.7 Å². The van der Waals surface area contributed by atoms with Crippen LogP contribution in [-0.2, 0) is 9.59 Å². The summed E-state index contributed by atoms with van der Waals surface area (Å²) in [5.41, 5.74) is 7.60. The molecule has 0 atom stereocenters. The van der Waals surface area contributed by atoms with Crippen LogP contribution in [0, 0.1) is 20.2 Å². The lowest BCUT2D eigenvalue weighted by atomic mass is 10.2. The molecular formula is C40H28N12O10. The van der Waals surface area contributed by atoms with Gasteiger partial charge in [0.15, 0.2) is 11.5 Å². The molecule has 2 fully saturated rings. The van der Waals surface area contributed by atoms with Crippen molar-refractivity contribution in [1.29, 1.82) is 0 Å². The highest BCUT2D eigenvalue weighted by Gasteiger charge is 2.27. The largest absolute Gasteiger partial charge is 0.433 e. The molecule has 308 valence electrons. The van der Waals surface area contributed by atoms with Crippen LogP contribution >= 0.6 is 0 Å². The van der Waals surface area contributed by atoms with Crippen molar-refractivity contribution in [3.8, 4) is 0 Å². The van der Waals surface area contributed by atoms with Crippen LogP contribution < -0.4 is 10.6 Å². The molecule has 22 heteroatoms. The number of nitro groups is 2. The third-order valence-corrected chi connectivity index (χ3v) is 8.27. The van der Waals surface area contributed by atoms with E-state index in [1.165, 1.54) is 12.1 Å². The van der Waals surface area contributed by atoms with Gasteiger partial charge in [-0.1, -0.05) is 48.5 Å². The Morgan fingerprint density at radius 3 is 0.968 bits per heavy atom. The molecule has 6 amide bonds. The van der Waals surface area contributed by atoms with E-state index in [1.807, 2.05) is 108 Å². The smallest absolute Gasteiger partial charge is 0.400 e. The molecule has 4 aromatic carbocycles. The Morgan fingerprint density at radius 1 is 0.484 bits per heavy atom. The van der Waals surface area contributed by atoms with Gasteiger partial charge in [-0.25, -0.2) is 39.5 Å². The van der Waals surface area contributed by atoms with E-state index in [-0.39, 0.29) is 24.6 Å². The highest BCUT2D eigenvalue weighted by molar-refractivity contribution is 6.02. The maximum Gasteiger partial charge on any atom is 0.433 e. The summed E-state index contributed by atoms with van der Waals surface area (Å²) in [7, 11) is 0. The molecule has 8 aromatic rings. The van der Waals surface area contributed by atoms with E-state index in [0.29, 0.717) is 0 Å². The van der Waals surface area contributed by atoms with Gasteiger partial charge in [-0.3, -0.25) is 40.5 Å². The van der Waals surface area contributed by atoms with Crippen LogP contribution in [0.2, 0.25) is 0 Å². The number of amides is 6. The van der Waals surface area contributed by atoms with Crippen molar-refractivity contribution in [3.63, 3.8) is 0 Å². The van der Waals surface area contributed by atoms with E-state index < -0.39 is 45.5 Å². The lowest BCUT2D eigenvalue weighted by Crippen LogP contribution is -2.24. The summed E-state index contributed by atoms with van der Waals surface area (Å²) in [6.45, 7) is -0.365. The standard InChI is InChI=1S/2C12H8N2.2C8H6N4O5/c2*1-2-6-10-9(5-1)13-11-7-3-4-8-12(11)14-10;2*13-6-4-11(8(14)10-6)9-3-5-1-2-7(17-5)12(15)16/h2*1-8H;2*1-3H,4H2,(H,10,13,14)/b;;2*9-3+. The van der Waals surface area contributed by atoms with Crippen molar-refractivity contribution < 1.29 is 37.9 Å². The van der Waals surface area contributed by atoms with E-state index in [1.54, 1.807) is 0 Å². The Bertz CT molecular complexity index is 2660. The summed E-state index contributed by atoms with van der Waals surface area (Å²) in [4.78, 5) is 81.1. The first-order valence-corrected chi connectivity index (χ1v) is 18.0. The molecule has 6 heterocycles. The van der Waals surface area contributed by atoms with Gasteiger partial charge in [-0.05, 0) is 60.7 Å². The molecule has 22 nitrogen and oxygen atoms in total. The van der Waals surface area contributed by atoms with Crippen LogP contribution in [0.1, 0.15) is 11.5 Å². The van der Waals surface area contributed by atoms with Gasteiger partial charge >= 0.3 is 23.8 Å². The van der Waals surface area contributed by atoms with Gasteiger partial charge in [0.05, 0.1) is 68.7 Å². The number of hydrogen-bond acceptors (Lipinski definition) is 16. The number of nitrogens with one attached hydrogen (secondary N) is 2. The molecule has 0 aliphatic carbocycles. The minimum Gasteiger partial charge on any atom is -0.400 e. The number of carbonyl (C=O) groups is 4. The summed E-state index contributed by atoms with van der Waals surface area (Å²) in [6, 6.07) is 35.4. The fraction of sp³-hybridized carbons (Fsp3) is 0.0500. The van der Waals surface area contributed by atoms with Gasteiger partial charge in [-0.2, -0.15) is 10.2 Å². The zero-order valence-corrected chi connectivity index (χ0v) is 31.7. The Balaban J connectivity index is 0.000000125. The van der Waals surface area contributed by atoms with E-state index in [4.69, 9.17) is 8.83 Å². The zero-order chi connectivity index (χ0) is 43.6. The minimum absolute atomic E-state index is 0.115. The number of furan rings is 2. The molecule has 2 N–H and O–H groups in total. The lowest BCUT2D eigenvalue weighted by molar-refractivity contribution is -0.402. The monoisotopic (exact) mass is 836 g/mol. The van der Waals surface area contributed by atoms with Gasteiger partial charge in [0.1, 0.15) is 22.9 Å². The number of nitrogens with zero attached hydrogens (tertiary/aromatic N) is 10. The number of imide groups is 2. The van der Waals surface area contributed by atoms with Crippen molar-refractivity contribution in [2.45, 2.75) is 0 Å². The predicted octanol–water partition coefficient (Wildman–Crippen LogP) is 5.71. The summed E-state index contributed by atoms with van der Waals surface area (Å²) in [6.07, 6.45) is 2.23. The second kappa shape index (κ2) is 18.5. The van der Waals surface area contributed by atoms with Gasteiger partial charge in [0, 0.05) is 0 Å². The Labute approximate surface area is 346 Å². The molecule has 62 heavy (non-hydrogen) atoms. The predicted molar refractivity (Wildman–Crippen MR) is 220 cm³/mol. The third kappa shape index (κ3) is 10.2. The summed E-state index contributed by atoms with van der Waals surface area (Å²) in [5, 5.41) is 33.8. The van der Waals surface area contributed by atoms with Crippen molar-refractivity contribution in [3.05, 3.63) is 153 Å². The van der Waals surface area contributed by atoms with Crippen LogP contribution in [0.3, 0.4) is 0 Å². The summed E-state index contributed by atoms with van der Waals surface area (Å²) in [5.74, 6) is -1.54. The maximum absolute atomic E-state index is 11.1. The van der Waals surface area contributed by atoms with Gasteiger partial charge < -0.3 is 8.83 Å². The number of fused-ring (bicyclic) bond motifs is 4. The number of urea groups is 2. The molecule has 0 radical (unpaired) electrons. The molecule has 2 aliphatic rings. The number of carbonyl (C=O) groups excluding carboxylic acids is 4. The van der Waals surface area contributed by atoms with Crippen LogP contribution in [0.5, 0.6) is 0 Å². The van der Waals surface area contributed by atoms with Crippen molar-refractivity contribution in [2.24, 2.45) is 10.2 Å². The molecule has 0 unspecified atom stereocenters. The SMILES string of the molecule is O=C1CN(/N=C/c2ccc([N+](=O)[O-])o2)C(=O)N1.O=C1CN(/N=C/c2ccc([N+](=O)[O-])o2)C(=O)N1.c1ccc2nc3ccccc3nc2c1.c1ccc2nc3ccccc3nc2c1. The lowest BCUT2D eigenvalue weighted by Gasteiger charge is -2.02. The minimum atomic E-state index is -0.691. The Hall–Kier alpha value is -9.34. The molecule has 2 saturated heterocycles.